The Balaban J connectivity index is 1.47. The van der Waals surface area contributed by atoms with E-state index in [4.69, 9.17) is 4.74 Å². The van der Waals surface area contributed by atoms with Crippen molar-refractivity contribution in [2.75, 3.05) is 18.9 Å². The van der Waals surface area contributed by atoms with Gasteiger partial charge in [0, 0.05) is 36.4 Å². The molecule has 0 bridgehead atoms. The number of nitrogens with zero attached hydrogens (tertiary/aromatic N) is 6. The summed E-state index contributed by atoms with van der Waals surface area (Å²) >= 11 is 0. The van der Waals surface area contributed by atoms with Crippen molar-refractivity contribution in [1.82, 2.24) is 29.6 Å². The van der Waals surface area contributed by atoms with E-state index >= 15 is 4.39 Å². The fourth-order valence-electron chi connectivity index (χ4n) is 5.23. The number of anilines is 2. The van der Waals surface area contributed by atoms with Crippen LogP contribution in [0, 0.1) is 5.82 Å². The van der Waals surface area contributed by atoms with Gasteiger partial charge < -0.3 is 10.1 Å². The maximum Gasteiger partial charge on any atom is 0.156 e. The van der Waals surface area contributed by atoms with Crippen molar-refractivity contribution >= 4 is 33.3 Å². The van der Waals surface area contributed by atoms with Crippen LogP contribution in [0.3, 0.4) is 0 Å². The number of aromatic nitrogens is 5. The summed E-state index contributed by atoms with van der Waals surface area (Å²) in [5, 5.41) is 8.67. The number of halogens is 1. The molecule has 37 heavy (non-hydrogen) atoms. The van der Waals surface area contributed by atoms with Crippen molar-refractivity contribution in [3.05, 3.63) is 67.1 Å². The van der Waals surface area contributed by atoms with Gasteiger partial charge in [0.1, 0.15) is 24.0 Å². The van der Waals surface area contributed by atoms with E-state index in [0.29, 0.717) is 45.1 Å². The molecule has 0 aliphatic carbocycles. The Morgan fingerprint density at radius 3 is 2.76 bits per heavy atom. The standard InChI is InChI=1S/C28H28FN7O/c1-17(24-7-5-11-35(24)2)37-25-13-18(19-14-33-36(3)15-19)12-23-26(25)28(32-16-31-23)34-22-9-8-21-20(27(22)29)6-4-10-30-21/h4,6,8-10,12-17,24H,5,7,11H2,1-3H3,(H,31,32,34)/t17-,24-/m0/s1. The summed E-state index contributed by atoms with van der Waals surface area (Å²) < 4.78 is 23.8. The van der Waals surface area contributed by atoms with Gasteiger partial charge in [-0.05, 0) is 75.3 Å². The third kappa shape index (κ3) is 4.35. The molecule has 1 saturated heterocycles. The van der Waals surface area contributed by atoms with Crippen LogP contribution in [-0.2, 0) is 7.05 Å². The minimum atomic E-state index is -0.382. The van der Waals surface area contributed by atoms with Crippen molar-refractivity contribution in [3.63, 3.8) is 0 Å². The Morgan fingerprint density at radius 2 is 1.97 bits per heavy atom. The zero-order chi connectivity index (χ0) is 25.5. The predicted molar refractivity (Wildman–Crippen MR) is 142 cm³/mol. The first-order valence-corrected chi connectivity index (χ1v) is 12.4. The first-order chi connectivity index (χ1) is 18.0. The molecule has 0 spiro atoms. The number of hydrogen-bond acceptors (Lipinski definition) is 7. The molecule has 188 valence electrons. The van der Waals surface area contributed by atoms with E-state index < -0.39 is 0 Å². The maximum absolute atomic E-state index is 15.4. The van der Waals surface area contributed by atoms with Gasteiger partial charge in [-0.1, -0.05) is 0 Å². The summed E-state index contributed by atoms with van der Waals surface area (Å²) in [6, 6.07) is 11.2. The highest BCUT2D eigenvalue weighted by Crippen LogP contribution is 2.38. The molecule has 4 heterocycles. The Bertz CT molecular complexity index is 1600. The Morgan fingerprint density at radius 1 is 1.08 bits per heavy atom. The second-order valence-electron chi connectivity index (χ2n) is 9.63. The van der Waals surface area contributed by atoms with Gasteiger partial charge in [-0.15, -0.1) is 0 Å². The van der Waals surface area contributed by atoms with E-state index in [1.807, 2.05) is 31.6 Å². The predicted octanol–water partition coefficient (Wildman–Crippen LogP) is 5.32. The molecular weight excluding hydrogens is 469 g/mol. The summed E-state index contributed by atoms with van der Waals surface area (Å²) in [5.74, 6) is 0.745. The molecule has 1 aliphatic rings. The van der Waals surface area contributed by atoms with Gasteiger partial charge in [0.05, 0.1) is 28.3 Å². The number of ether oxygens (including phenoxy) is 1. The van der Waals surface area contributed by atoms with E-state index in [1.165, 1.54) is 6.33 Å². The lowest BCUT2D eigenvalue weighted by atomic mass is 10.0. The minimum Gasteiger partial charge on any atom is -0.488 e. The first-order valence-electron chi connectivity index (χ1n) is 12.4. The number of fused-ring (bicyclic) bond motifs is 2. The van der Waals surface area contributed by atoms with Gasteiger partial charge >= 0.3 is 0 Å². The first kappa shape index (κ1) is 23.3. The molecule has 0 saturated carbocycles. The minimum absolute atomic E-state index is 0.0589. The monoisotopic (exact) mass is 497 g/mol. The molecule has 6 rings (SSSR count). The van der Waals surface area contributed by atoms with Crippen LogP contribution in [0.25, 0.3) is 32.9 Å². The molecule has 1 N–H and O–H groups in total. The van der Waals surface area contributed by atoms with Crippen LogP contribution in [0.15, 0.2) is 61.3 Å². The smallest absolute Gasteiger partial charge is 0.156 e. The molecule has 3 aromatic heterocycles. The van der Waals surface area contributed by atoms with E-state index in [2.05, 4.69) is 44.2 Å². The highest BCUT2D eigenvalue weighted by molar-refractivity contribution is 5.99. The molecule has 2 atom stereocenters. The highest BCUT2D eigenvalue weighted by Gasteiger charge is 2.29. The summed E-state index contributed by atoms with van der Waals surface area (Å²) in [6.45, 7) is 3.16. The number of pyridine rings is 1. The Labute approximate surface area is 214 Å². The molecule has 0 amide bonds. The average molecular weight is 498 g/mol. The number of likely N-dealkylation sites (tertiary alicyclic amines) is 1. The highest BCUT2D eigenvalue weighted by atomic mass is 19.1. The third-order valence-corrected chi connectivity index (χ3v) is 7.14. The number of nitrogens with one attached hydrogen (secondary N) is 1. The summed E-state index contributed by atoms with van der Waals surface area (Å²) in [7, 11) is 4.02. The zero-order valence-corrected chi connectivity index (χ0v) is 21.0. The van der Waals surface area contributed by atoms with Crippen molar-refractivity contribution in [2.45, 2.75) is 31.9 Å². The van der Waals surface area contributed by atoms with Gasteiger partial charge in [-0.3, -0.25) is 14.6 Å². The molecule has 2 aromatic carbocycles. The molecule has 0 unspecified atom stereocenters. The molecule has 0 radical (unpaired) electrons. The van der Waals surface area contributed by atoms with E-state index in [0.717, 1.165) is 30.5 Å². The van der Waals surface area contributed by atoms with Crippen LogP contribution in [-0.4, -0.2) is 55.4 Å². The summed E-state index contributed by atoms with van der Waals surface area (Å²) in [4.78, 5) is 15.6. The Hall–Kier alpha value is -4.11. The van der Waals surface area contributed by atoms with Gasteiger partial charge in [-0.25, -0.2) is 14.4 Å². The second-order valence-corrected chi connectivity index (χ2v) is 9.63. The zero-order valence-electron chi connectivity index (χ0n) is 21.0. The Kier molecular flexibility index (Phi) is 5.92. The number of hydrogen-bond donors (Lipinski definition) is 1. The average Bonchev–Trinajstić information content (AvgIpc) is 3.54. The molecule has 1 fully saturated rings. The normalized spacial score (nSPS) is 16.9. The quantitative estimate of drug-likeness (QED) is 0.340. The summed E-state index contributed by atoms with van der Waals surface area (Å²) in [6.07, 6.45) is 9.08. The molecule has 8 nitrogen and oxygen atoms in total. The van der Waals surface area contributed by atoms with Gasteiger partial charge in [0.15, 0.2) is 5.82 Å². The van der Waals surface area contributed by atoms with E-state index in [-0.39, 0.29) is 11.9 Å². The van der Waals surface area contributed by atoms with Crippen LogP contribution >= 0.6 is 0 Å². The second kappa shape index (κ2) is 9.40. The van der Waals surface area contributed by atoms with Crippen LogP contribution in [0.4, 0.5) is 15.9 Å². The van der Waals surface area contributed by atoms with Crippen molar-refractivity contribution in [2.24, 2.45) is 7.05 Å². The molecule has 1 aliphatic heterocycles. The van der Waals surface area contributed by atoms with Crippen LogP contribution in [0.2, 0.25) is 0 Å². The van der Waals surface area contributed by atoms with Crippen molar-refractivity contribution in [1.29, 1.82) is 0 Å². The van der Waals surface area contributed by atoms with Crippen LogP contribution in [0.1, 0.15) is 19.8 Å². The summed E-state index contributed by atoms with van der Waals surface area (Å²) in [5.41, 5.74) is 3.50. The molecular formula is C28H28FN7O. The van der Waals surface area contributed by atoms with Crippen LogP contribution < -0.4 is 10.1 Å². The van der Waals surface area contributed by atoms with E-state index in [9.17, 15) is 0 Å². The largest absolute Gasteiger partial charge is 0.488 e. The third-order valence-electron chi connectivity index (χ3n) is 7.14. The maximum atomic E-state index is 15.4. The lowest BCUT2D eigenvalue weighted by molar-refractivity contribution is 0.123. The molecule has 9 heteroatoms. The van der Waals surface area contributed by atoms with Gasteiger partial charge in [0.2, 0.25) is 0 Å². The van der Waals surface area contributed by atoms with Gasteiger partial charge in [0.25, 0.3) is 0 Å². The number of aryl methyl sites for hydroxylation is 1. The lowest BCUT2D eigenvalue weighted by Crippen LogP contribution is -2.38. The number of rotatable bonds is 6. The van der Waals surface area contributed by atoms with Crippen molar-refractivity contribution < 1.29 is 9.13 Å². The lowest BCUT2D eigenvalue weighted by Gasteiger charge is -2.27. The fourth-order valence-corrected chi connectivity index (χ4v) is 5.23. The molecule has 5 aromatic rings. The fraction of sp³-hybridized carbons (Fsp3) is 0.286. The van der Waals surface area contributed by atoms with Crippen molar-refractivity contribution in [3.8, 4) is 16.9 Å². The van der Waals surface area contributed by atoms with Gasteiger partial charge in [-0.2, -0.15) is 5.10 Å². The van der Waals surface area contributed by atoms with E-state index in [1.54, 1.807) is 35.1 Å². The number of benzene rings is 2. The topological polar surface area (TPSA) is 81.0 Å². The SMILES string of the molecule is C[C@H](Oc1cc(-c2cnn(C)c2)cc2ncnc(Nc3ccc4ncccc4c3F)c12)[C@@H]1CCCN1C. The van der Waals surface area contributed by atoms with Crippen LogP contribution in [0.5, 0.6) is 5.75 Å². The number of likely N-dealkylation sites (N-methyl/N-ethyl adjacent to an activating group) is 1.